The molecular weight excluding hydrogens is 451 g/mol. The number of nitrogens with one attached hydrogen (secondary N) is 1. The van der Waals surface area contributed by atoms with Gasteiger partial charge in [-0.25, -0.2) is 22.3 Å². The molecule has 3 rings (SSSR count). The van der Waals surface area contributed by atoms with Crippen LogP contribution in [0.3, 0.4) is 0 Å². The van der Waals surface area contributed by atoms with E-state index in [9.17, 15) is 27.2 Å². The Balaban J connectivity index is 1.65. The number of halogens is 1. The first-order valence-corrected chi connectivity index (χ1v) is 11.2. The molecule has 170 valence electrons. The maximum Gasteiger partial charge on any atom is 0.338 e. The fourth-order valence-electron chi connectivity index (χ4n) is 2.93. The van der Waals surface area contributed by atoms with E-state index in [4.69, 9.17) is 4.74 Å². The van der Waals surface area contributed by atoms with E-state index >= 15 is 0 Å². The molecule has 0 radical (unpaired) electrons. The summed E-state index contributed by atoms with van der Waals surface area (Å²) < 4.78 is 45.4. The van der Waals surface area contributed by atoms with Crippen LogP contribution in [0.25, 0.3) is 0 Å². The lowest BCUT2D eigenvalue weighted by atomic mass is 10.1. The first kappa shape index (κ1) is 23.7. The zero-order valence-corrected chi connectivity index (χ0v) is 18.2. The molecule has 0 saturated heterocycles. The van der Waals surface area contributed by atoms with Crippen LogP contribution in [0.15, 0.2) is 66.9 Å². The molecule has 1 N–H and O–H groups in total. The third-order valence-corrected chi connectivity index (χ3v) is 6.19. The van der Waals surface area contributed by atoms with Crippen LogP contribution in [0.5, 0.6) is 0 Å². The van der Waals surface area contributed by atoms with Crippen molar-refractivity contribution in [3.05, 3.63) is 101 Å². The van der Waals surface area contributed by atoms with Gasteiger partial charge in [0, 0.05) is 6.20 Å². The van der Waals surface area contributed by atoms with E-state index in [1.54, 1.807) is 35.9 Å². The quantitative estimate of drug-likeness (QED) is 0.397. The summed E-state index contributed by atoms with van der Waals surface area (Å²) in [6.45, 7) is 1.62. The normalized spacial score (nSPS) is 11.9. The first-order chi connectivity index (χ1) is 15.7. The Morgan fingerprint density at radius 1 is 1.12 bits per heavy atom. The van der Waals surface area contributed by atoms with Gasteiger partial charge in [-0.2, -0.15) is 0 Å². The highest BCUT2D eigenvalue weighted by molar-refractivity contribution is 7.91. The van der Waals surface area contributed by atoms with Gasteiger partial charge in [-0.15, -0.1) is 0 Å². The largest absolute Gasteiger partial charge is 0.456 e. The van der Waals surface area contributed by atoms with Crippen molar-refractivity contribution in [1.82, 2.24) is 9.71 Å². The van der Waals surface area contributed by atoms with Gasteiger partial charge in [-0.3, -0.25) is 9.78 Å². The van der Waals surface area contributed by atoms with E-state index in [2.05, 4.69) is 4.98 Å². The number of carbonyl (C=O) groups is 3. The average Bonchev–Trinajstić information content (AvgIpc) is 2.78. The van der Waals surface area contributed by atoms with Gasteiger partial charge in [0.25, 0.3) is 5.91 Å². The second-order valence-corrected chi connectivity index (χ2v) is 8.82. The molecule has 1 aromatic heterocycles. The number of nitrogens with zero attached hydrogens (tertiary/aromatic N) is 1. The molecule has 0 saturated carbocycles. The summed E-state index contributed by atoms with van der Waals surface area (Å²) in [5, 5.41) is -1.77. The van der Waals surface area contributed by atoms with Crippen molar-refractivity contribution in [2.24, 2.45) is 0 Å². The first-order valence-electron chi connectivity index (χ1n) is 9.65. The minimum atomic E-state index is -4.49. The zero-order valence-electron chi connectivity index (χ0n) is 17.4. The lowest BCUT2D eigenvalue weighted by Crippen LogP contribution is -2.35. The third-order valence-electron chi connectivity index (χ3n) is 4.67. The van der Waals surface area contributed by atoms with Crippen molar-refractivity contribution in [2.45, 2.75) is 18.8 Å². The third kappa shape index (κ3) is 5.86. The summed E-state index contributed by atoms with van der Waals surface area (Å²) in [6, 6.07) is 14.1. The Bertz CT molecular complexity index is 1290. The fourth-order valence-corrected chi connectivity index (χ4v) is 4.08. The van der Waals surface area contributed by atoms with E-state index in [-0.39, 0.29) is 24.0 Å². The predicted molar refractivity (Wildman–Crippen MR) is 116 cm³/mol. The number of amides is 1. The smallest absolute Gasteiger partial charge is 0.338 e. The van der Waals surface area contributed by atoms with Crippen LogP contribution in [-0.2, 0) is 26.2 Å². The van der Waals surface area contributed by atoms with Crippen molar-refractivity contribution in [3.8, 4) is 0 Å². The number of hydrogen-bond acceptors (Lipinski definition) is 7. The van der Waals surface area contributed by atoms with Gasteiger partial charge in [-0.1, -0.05) is 30.3 Å². The van der Waals surface area contributed by atoms with Crippen molar-refractivity contribution < 1.29 is 31.9 Å². The number of ether oxygens (including phenoxy) is 1. The highest BCUT2D eigenvalue weighted by Crippen LogP contribution is 2.20. The summed E-state index contributed by atoms with van der Waals surface area (Å²) in [7, 11) is -4.49. The number of carbonyl (C=O) groups excluding carboxylic acids is 3. The fraction of sp³-hybridized carbons (Fsp3) is 0.130. The van der Waals surface area contributed by atoms with Gasteiger partial charge >= 0.3 is 5.97 Å². The number of sulfonamides is 1. The Kier molecular flexibility index (Phi) is 7.29. The SMILES string of the molecule is Cc1ccccc1C(=O)OCc1ccc(C(=O)NS(=O)(=O)C(C=O)c2cccc(F)c2)cn1. The number of aryl methyl sites for hydroxylation is 1. The van der Waals surface area contributed by atoms with Crippen LogP contribution in [0, 0.1) is 12.7 Å². The second-order valence-electron chi connectivity index (χ2n) is 7.02. The number of benzene rings is 2. The molecule has 1 heterocycles. The minimum absolute atomic E-state index is 0.101. The van der Waals surface area contributed by atoms with Crippen LogP contribution >= 0.6 is 0 Å². The Hall–Kier alpha value is -3.92. The summed E-state index contributed by atoms with van der Waals surface area (Å²) in [6.07, 6.45) is 1.22. The molecule has 2 aromatic carbocycles. The van der Waals surface area contributed by atoms with Crippen molar-refractivity contribution >= 4 is 28.2 Å². The van der Waals surface area contributed by atoms with Crippen LogP contribution in [-0.4, -0.2) is 31.6 Å². The number of aromatic nitrogens is 1. The number of rotatable bonds is 8. The van der Waals surface area contributed by atoms with Crippen molar-refractivity contribution in [1.29, 1.82) is 0 Å². The Labute approximate surface area is 189 Å². The monoisotopic (exact) mass is 470 g/mol. The zero-order chi connectivity index (χ0) is 24.0. The van der Waals surface area contributed by atoms with Gasteiger partial charge in [0.1, 0.15) is 18.7 Å². The van der Waals surface area contributed by atoms with Gasteiger partial charge < -0.3 is 9.53 Å². The number of aldehydes is 1. The molecule has 0 aliphatic carbocycles. The average molecular weight is 470 g/mol. The van der Waals surface area contributed by atoms with E-state index in [1.165, 1.54) is 24.3 Å². The van der Waals surface area contributed by atoms with Crippen LogP contribution in [0.1, 0.15) is 42.8 Å². The van der Waals surface area contributed by atoms with Gasteiger partial charge in [0.15, 0.2) is 5.25 Å². The molecule has 33 heavy (non-hydrogen) atoms. The molecule has 1 unspecified atom stereocenters. The Morgan fingerprint density at radius 3 is 2.52 bits per heavy atom. The molecule has 0 aliphatic heterocycles. The molecular formula is C23H19FN2O6S. The van der Waals surface area contributed by atoms with Crippen LogP contribution in [0.4, 0.5) is 4.39 Å². The van der Waals surface area contributed by atoms with Gasteiger partial charge in [-0.05, 0) is 48.4 Å². The van der Waals surface area contributed by atoms with Gasteiger partial charge in [0.2, 0.25) is 10.0 Å². The Morgan fingerprint density at radius 2 is 1.88 bits per heavy atom. The second kappa shape index (κ2) is 10.1. The maximum absolute atomic E-state index is 13.4. The molecule has 3 aromatic rings. The minimum Gasteiger partial charge on any atom is -0.456 e. The number of pyridine rings is 1. The molecule has 0 aliphatic rings. The number of hydrogen-bond donors (Lipinski definition) is 1. The molecule has 1 atom stereocenters. The molecule has 0 bridgehead atoms. The van der Waals surface area contributed by atoms with E-state index in [1.807, 2.05) is 0 Å². The number of esters is 1. The molecule has 10 heteroatoms. The van der Waals surface area contributed by atoms with Crippen LogP contribution in [0.2, 0.25) is 0 Å². The summed E-state index contributed by atoms with van der Waals surface area (Å²) in [5.74, 6) is -2.27. The van der Waals surface area contributed by atoms with Gasteiger partial charge in [0.05, 0.1) is 16.8 Å². The molecule has 8 nitrogen and oxygen atoms in total. The molecule has 0 spiro atoms. The predicted octanol–water partition coefficient (Wildman–Crippen LogP) is 2.89. The van der Waals surface area contributed by atoms with E-state index in [0.717, 1.165) is 23.9 Å². The molecule has 0 fully saturated rings. The lowest BCUT2D eigenvalue weighted by Gasteiger charge is -2.13. The highest BCUT2D eigenvalue weighted by Gasteiger charge is 2.29. The van der Waals surface area contributed by atoms with Crippen LogP contribution < -0.4 is 4.72 Å². The molecule has 1 amide bonds. The summed E-state index contributed by atoms with van der Waals surface area (Å²) in [4.78, 5) is 39.9. The van der Waals surface area contributed by atoms with E-state index in [0.29, 0.717) is 11.3 Å². The maximum atomic E-state index is 13.4. The topological polar surface area (TPSA) is 119 Å². The highest BCUT2D eigenvalue weighted by atomic mass is 32.2. The van der Waals surface area contributed by atoms with Crippen molar-refractivity contribution in [3.63, 3.8) is 0 Å². The lowest BCUT2D eigenvalue weighted by molar-refractivity contribution is -0.107. The van der Waals surface area contributed by atoms with E-state index < -0.39 is 33.0 Å². The summed E-state index contributed by atoms with van der Waals surface area (Å²) in [5.41, 5.74) is 1.30. The van der Waals surface area contributed by atoms with Crippen molar-refractivity contribution in [2.75, 3.05) is 0 Å². The summed E-state index contributed by atoms with van der Waals surface area (Å²) >= 11 is 0. The standard InChI is InChI=1S/C23H19FN2O6S/c1-15-5-2-3-8-20(15)23(29)32-14-19-10-9-17(12-25-19)22(28)26-33(30,31)21(13-27)16-6-4-7-18(24)11-16/h2-13,21H,14H2,1H3,(H,26,28).